The van der Waals surface area contributed by atoms with Gasteiger partial charge in [-0.2, -0.15) is 0 Å². The maximum absolute atomic E-state index is 15.5. The molecule has 1 saturated heterocycles. The lowest BCUT2D eigenvalue weighted by Crippen LogP contribution is -2.61. The molecule has 0 bridgehead atoms. The number of rotatable bonds is 23. The average molecular weight is 1800 g/mol. The molecule has 0 radical (unpaired) electrons. The number of likely N-dealkylation sites (N-methyl/N-ethyl adjacent to an activating group) is 5. The van der Waals surface area contributed by atoms with Crippen molar-refractivity contribution in [3.8, 4) is 5.75 Å². The molecule has 0 unspecified atom stereocenters. The van der Waals surface area contributed by atoms with Crippen molar-refractivity contribution in [2.45, 2.75) is 172 Å². The first-order valence-electron chi connectivity index (χ1n) is 42.6. The number of hydrogen-bond donors (Lipinski definition) is 13. The van der Waals surface area contributed by atoms with Crippen molar-refractivity contribution in [1.82, 2.24) is 77.3 Å². The van der Waals surface area contributed by atoms with Crippen LogP contribution in [0.5, 0.6) is 5.75 Å². The summed E-state index contributed by atoms with van der Waals surface area (Å²) in [7, 11) is 9.84. The molecule has 33 nitrogen and oxygen atoms in total. The minimum absolute atomic E-state index is 0.0726. The summed E-state index contributed by atoms with van der Waals surface area (Å²) >= 11 is 0.846. The number of phenols is 1. The number of unbranched alkanes of at least 4 members (excludes halogenated alkanes) is 1. The Hall–Kier alpha value is -12.8. The van der Waals surface area contributed by atoms with E-state index < -0.39 is 198 Å². The zero-order valence-electron chi connectivity index (χ0n) is 73.8. The van der Waals surface area contributed by atoms with Gasteiger partial charge in [0.25, 0.3) is 0 Å². The number of aromatic amines is 1. The van der Waals surface area contributed by atoms with Gasteiger partial charge < -0.3 is 93.3 Å². The van der Waals surface area contributed by atoms with Crippen LogP contribution in [0, 0.1) is 11.8 Å². The molecule has 35 heteroatoms. The van der Waals surface area contributed by atoms with Gasteiger partial charge in [0, 0.05) is 103 Å². The van der Waals surface area contributed by atoms with Crippen molar-refractivity contribution in [1.29, 1.82) is 0 Å². The number of thioether (sulfide) groups is 1. The lowest BCUT2D eigenvalue weighted by molar-refractivity contribution is -0.151. The molecule has 128 heavy (non-hydrogen) atoms. The van der Waals surface area contributed by atoms with E-state index in [0.29, 0.717) is 57.1 Å². The number of aliphatic hydroxyl groups excluding tert-OH is 1. The van der Waals surface area contributed by atoms with Crippen LogP contribution in [-0.4, -0.2) is 267 Å². The van der Waals surface area contributed by atoms with Crippen molar-refractivity contribution in [2.75, 3.05) is 66.4 Å². The van der Waals surface area contributed by atoms with Gasteiger partial charge in [-0.1, -0.05) is 208 Å². The number of H-pyrrole nitrogens is 1. The second kappa shape index (κ2) is 49.3. The van der Waals surface area contributed by atoms with Crippen LogP contribution in [0.4, 0.5) is 0 Å². The van der Waals surface area contributed by atoms with E-state index in [0.717, 1.165) is 26.5 Å². The Morgan fingerprint density at radius 3 is 1.46 bits per heavy atom. The molecule has 7 aromatic rings. The van der Waals surface area contributed by atoms with Crippen molar-refractivity contribution in [3.63, 3.8) is 0 Å². The first-order chi connectivity index (χ1) is 61.0. The number of para-hydroxylation sites is 1. The van der Waals surface area contributed by atoms with E-state index >= 15 is 38.4 Å². The van der Waals surface area contributed by atoms with Gasteiger partial charge in [0.05, 0.1) is 30.9 Å². The third-order valence-corrected chi connectivity index (χ3v) is 23.2. The first kappa shape index (κ1) is 101. The van der Waals surface area contributed by atoms with Gasteiger partial charge in [-0.05, 0) is 76.3 Å². The minimum atomic E-state index is -1.63. The molecule has 684 valence electrons. The smallest absolute Gasteiger partial charge is 0.246 e. The van der Waals surface area contributed by atoms with Gasteiger partial charge in [-0.15, -0.1) is 11.8 Å². The van der Waals surface area contributed by atoms with Crippen molar-refractivity contribution >= 4 is 126 Å². The fourth-order valence-corrected chi connectivity index (χ4v) is 16.0. The lowest BCUT2D eigenvalue weighted by Gasteiger charge is -2.37. The van der Waals surface area contributed by atoms with E-state index in [2.05, 4.69) is 61.7 Å². The number of nitrogens with zero attached hydrogens (tertiary/aromatic N) is 5. The number of aliphatic hydroxyl groups is 1. The topological polar surface area (TPSA) is 463 Å². The summed E-state index contributed by atoms with van der Waals surface area (Å²) in [6.07, 6.45) is 1.03. The monoisotopic (exact) mass is 1790 g/mol. The normalized spacial score (nSPS) is 22.0. The van der Waals surface area contributed by atoms with Crippen LogP contribution >= 0.6 is 20.6 Å². The van der Waals surface area contributed by atoms with Crippen LogP contribution in [0.2, 0.25) is 0 Å². The Kier molecular flexibility index (Phi) is 38.8. The number of phenolic OH excluding ortho intramolecular Hbond substituents is 1. The molecule has 0 spiro atoms. The lowest BCUT2D eigenvalue weighted by atomic mass is 9.98. The standard InChI is InChI=1S/C93H119N16O17PS/c1-11-12-37-74-91(124)106(7)53-79(113)98-70(49-81(115)127)87(120)104-82(57(4)5)93(126)108(9)75(46-60-31-21-15-22-32-60)88(121)102-71(44-58-27-17-13-18-28-58)89(122)105(6)52-78(112)97-69(48-63-50-95-66-36-26-25-35-65(63)66)86(119)101-68(43-62-38-40-64(110)41-39-62)85(118)100-67(42-56(2)3)84(117)103-73(83(116)96-51-77(94)111)54-128-55-80(114)99-72(45-59-29-19-14-20-30-59)90(123)109(10)76(92(125)107(74)8)47-61-33-23-16-24-34-61/h13-36,38-41,50,56-57,67-76,82,95,110,115,127H,11-12,37,42-49,51-55H2,1-10H3,(H2,94,111)(H,96,116)(H,97,112)(H,98,113)(H,99,114)(H,100,118)(H,101,119)(H,102,121)(H,103,117)(H,104,120)/t67-,68-,69-,70-,71-,72-,73-,74-,75-,76-,82-/m0/s1. The molecule has 1 fully saturated rings. The number of hydrogen-bond acceptors (Lipinski definition) is 17. The van der Waals surface area contributed by atoms with Crippen LogP contribution in [0.15, 0.2) is 176 Å². The zero-order chi connectivity index (χ0) is 93.4. The first-order valence-corrected chi connectivity index (χ1v) is 44.2. The predicted molar refractivity (Wildman–Crippen MR) is 488 cm³/mol. The number of aromatic nitrogens is 1. The SMILES string of the molecule is CCCC[C@H]1C(=O)N(C)CC(=O)N[C@@H](CC(O)=P)C(=O)N[C@@H](C(C)C)C(=O)N(C)[C@@H](Cc2ccccc2)C(=O)N[C@@H](Cc2ccccc2)C(=O)N(C)CC(=O)N[C@@H](Cc2c[nH]c3ccccc23)C(=O)N[C@@H](Cc2ccc(O)cc2)C(=O)N[C@@H](CC(C)C)C(=O)N[C@H](C(=O)NCC(N)=O)CSCC(=O)N[C@@H](Cc2ccccc2)C(=O)N(C)[C@@H](Cc2ccccc2)C(=O)N1C. The van der Waals surface area contributed by atoms with Gasteiger partial charge >= 0.3 is 0 Å². The summed E-state index contributed by atoms with van der Waals surface area (Å²) in [6, 6.07) is 31.5. The molecule has 8 rings (SSSR count). The maximum Gasteiger partial charge on any atom is 0.246 e. The summed E-state index contributed by atoms with van der Waals surface area (Å²) in [5.74, 6) is -14.7. The third kappa shape index (κ3) is 30.5. The Balaban J connectivity index is 1.21. The molecule has 6 aromatic carbocycles. The molecule has 2 heterocycles. The van der Waals surface area contributed by atoms with Gasteiger partial charge in [0.15, 0.2) is 0 Å². The summed E-state index contributed by atoms with van der Waals surface area (Å²) < 4.78 is 0. The number of amides is 15. The zero-order valence-corrected chi connectivity index (χ0v) is 75.6. The Labute approximate surface area is 751 Å². The van der Waals surface area contributed by atoms with E-state index in [1.165, 1.54) is 69.3 Å². The number of carbonyl (C=O) groups excluding carboxylic acids is 15. The molecule has 14 N–H and O–H groups in total. The molecule has 1 aliphatic rings. The third-order valence-electron chi connectivity index (χ3n) is 22.0. The average Bonchev–Trinajstić information content (AvgIpc) is 1.29. The molecular weight excluding hydrogens is 1680 g/mol. The van der Waals surface area contributed by atoms with E-state index in [-0.39, 0.29) is 68.8 Å². The largest absolute Gasteiger partial charge is 0.508 e. The van der Waals surface area contributed by atoms with Crippen molar-refractivity contribution in [3.05, 3.63) is 209 Å². The highest BCUT2D eigenvalue weighted by atomic mass is 32.2. The number of carbonyl (C=O) groups is 15. The molecule has 11 atom stereocenters. The van der Waals surface area contributed by atoms with E-state index in [9.17, 15) is 43.8 Å². The van der Waals surface area contributed by atoms with Crippen molar-refractivity contribution in [2.24, 2.45) is 17.6 Å². The quantitative estimate of drug-likeness (QED) is 0.0409. The second-order valence-corrected chi connectivity index (χ2v) is 34.5. The predicted octanol–water partition coefficient (Wildman–Crippen LogP) is 3.18. The molecule has 0 aliphatic carbocycles. The summed E-state index contributed by atoms with van der Waals surface area (Å²) in [5.41, 5.74) is 8.97. The molecule has 1 aromatic heterocycles. The van der Waals surface area contributed by atoms with Crippen LogP contribution in [0.3, 0.4) is 0 Å². The number of benzene rings is 6. The van der Waals surface area contributed by atoms with E-state index in [1.54, 1.807) is 179 Å². The minimum Gasteiger partial charge on any atom is -0.508 e. The number of nitrogens with two attached hydrogens (primary N) is 1. The van der Waals surface area contributed by atoms with Gasteiger partial charge in [-0.3, -0.25) is 71.9 Å². The number of primary amides is 1. The van der Waals surface area contributed by atoms with Gasteiger partial charge in [-0.25, -0.2) is 0 Å². The molecule has 15 amide bonds. The van der Waals surface area contributed by atoms with Gasteiger partial charge in [0.1, 0.15) is 72.2 Å². The number of aromatic hydroxyl groups is 1. The van der Waals surface area contributed by atoms with Crippen LogP contribution < -0.4 is 53.6 Å². The fraction of sp³-hybridized carbons (Fsp3) is 0.419. The molecule has 1 aliphatic heterocycles. The maximum atomic E-state index is 15.5. The highest BCUT2D eigenvalue weighted by Gasteiger charge is 2.42. The highest BCUT2D eigenvalue weighted by Crippen LogP contribution is 2.24. The fourth-order valence-electron chi connectivity index (χ4n) is 14.9. The van der Waals surface area contributed by atoms with Crippen LogP contribution in [-0.2, 0) is 110 Å². The second-order valence-electron chi connectivity index (χ2n) is 32.9. The van der Waals surface area contributed by atoms with E-state index in [1.807, 2.05) is 6.92 Å². The summed E-state index contributed by atoms with van der Waals surface area (Å²) in [4.78, 5) is 231. The molecular formula is C93H119N16O17PS. The van der Waals surface area contributed by atoms with E-state index in [4.69, 9.17) is 5.73 Å². The Bertz CT molecular complexity index is 5010. The molecule has 0 saturated carbocycles. The van der Waals surface area contributed by atoms with Crippen LogP contribution in [0.25, 0.3) is 10.9 Å². The van der Waals surface area contributed by atoms with Gasteiger partial charge in [0.2, 0.25) is 88.6 Å². The number of fused-ring (bicyclic) bond motifs is 1. The Morgan fingerprint density at radius 2 is 0.922 bits per heavy atom. The summed E-state index contributed by atoms with van der Waals surface area (Å²) in [6.45, 7) is 6.53. The van der Waals surface area contributed by atoms with Crippen molar-refractivity contribution < 1.29 is 82.1 Å². The highest BCUT2D eigenvalue weighted by molar-refractivity contribution is 8.00. The number of nitrogens with one attached hydrogen (secondary N) is 10. The Morgan fingerprint density at radius 1 is 0.477 bits per heavy atom. The summed E-state index contributed by atoms with van der Waals surface area (Å²) in [5, 5.41) is 46.2. The van der Waals surface area contributed by atoms with Crippen LogP contribution in [0.1, 0.15) is 100 Å².